The maximum atomic E-state index is 9.80. The number of ether oxygens (including phenoxy) is 2. The van der Waals surface area contributed by atoms with Gasteiger partial charge in [0.25, 0.3) is 0 Å². The smallest absolute Gasteiger partial charge is 0.114 e. The molecule has 0 aromatic heterocycles. The number of hydrogen-bond acceptors (Lipinski definition) is 5. The lowest BCUT2D eigenvalue weighted by Crippen LogP contribution is -2.42. The molecule has 0 saturated carbocycles. The van der Waals surface area contributed by atoms with Gasteiger partial charge in [-0.25, -0.2) is 0 Å². The molecule has 0 radical (unpaired) electrons. The predicted octanol–water partition coefficient (Wildman–Crippen LogP) is 3.35. The molecule has 5 nitrogen and oxygen atoms in total. The monoisotopic (exact) mass is 372 g/mol. The minimum absolute atomic E-state index is 0.0961. The lowest BCUT2D eigenvalue weighted by atomic mass is 10.1. The molecule has 1 saturated heterocycles. The summed E-state index contributed by atoms with van der Waals surface area (Å²) in [5.41, 5.74) is 0. The first-order valence-electron chi connectivity index (χ1n) is 10.6. The first-order chi connectivity index (χ1) is 12.7. The third-order valence-corrected chi connectivity index (χ3v) is 4.97. The summed E-state index contributed by atoms with van der Waals surface area (Å²) in [6.45, 7) is 2.68. The summed E-state index contributed by atoms with van der Waals surface area (Å²) in [5.74, 6) is 0. The first-order valence-corrected chi connectivity index (χ1v) is 10.6. The second kappa shape index (κ2) is 15.6. The molecule has 4 atom stereocenters. The van der Waals surface area contributed by atoms with Gasteiger partial charge in [-0.3, -0.25) is 0 Å². The second-order valence-corrected chi connectivity index (χ2v) is 7.32. The van der Waals surface area contributed by atoms with Crippen molar-refractivity contribution in [3.63, 3.8) is 0 Å². The van der Waals surface area contributed by atoms with Crippen molar-refractivity contribution in [2.24, 2.45) is 0 Å². The summed E-state index contributed by atoms with van der Waals surface area (Å²) in [4.78, 5) is 0. The van der Waals surface area contributed by atoms with Gasteiger partial charge in [-0.2, -0.15) is 0 Å². The molecule has 0 amide bonds. The van der Waals surface area contributed by atoms with Gasteiger partial charge in [0.15, 0.2) is 0 Å². The maximum absolute atomic E-state index is 9.80. The van der Waals surface area contributed by atoms with Gasteiger partial charge < -0.3 is 24.8 Å². The number of hydrogen-bond donors (Lipinski definition) is 3. The molecule has 1 aliphatic rings. The van der Waals surface area contributed by atoms with E-state index in [9.17, 15) is 15.3 Å². The van der Waals surface area contributed by atoms with Gasteiger partial charge >= 0.3 is 0 Å². The minimum atomic E-state index is -0.980. The molecule has 0 aromatic rings. The summed E-state index contributed by atoms with van der Waals surface area (Å²) >= 11 is 0. The Bertz CT molecular complexity index is 347. The van der Waals surface area contributed by atoms with Crippen LogP contribution in [0.2, 0.25) is 0 Å². The van der Waals surface area contributed by atoms with Crippen LogP contribution in [0.1, 0.15) is 77.6 Å². The Morgan fingerprint density at radius 2 is 1.58 bits per heavy atom. The van der Waals surface area contributed by atoms with E-state index in [1.54, 1.807) is 0 Å². The van der Waals surface area contributed by atoms with E-state index >= 15 is 0 Å². The average Bonchev–Trinajstić information content (AvgIpc) is 2.98. The third kappa shape index (κ3) is 10.0. The molecular formula is C21H40O5. The van der Waals surface area contributed by atoms with Crippen molar-refractivity contribution in [1.82, 2.24) is 0 Å². The van der Waals surface area contributed by atoms with E-state index in [1.807, 2.05) is 0 Å². The van der Waals surface area contributed by atoms with E-state index in [1.165, 1.54) is 57.8 Å². The summed E-state index contributed by atoms with van der Waals surface area (Å²) in [6, 6.07) is 0. The molecule has 26 heavy (non-hydrogen) atoms. The molecule has 1 fully saturated rings. The standard InChI is InChI=1S/C21H40O5/c1-2-3-4-5-6-7-8-9-10-11-12-13-14-15-25-19(16-22)21-20(24)18(23)17-26-21/h7-8,18-24H,2-6,9-17H2,1H3/b8-7+/t18-,19+,20-,21-/m0/s1. The predicted molar refractivity (Wildman–Crippen MR) is 104 cm³/mol. The van der Waals surface area contributed by atoms with E-state index < -0.39 is 24.4 Å². The van der Waals surface area contributed by atoms with Crippen molar-refractivity contribution >= 4 is 0 Å². The molecule has 0 aromatic carbocycles. The van der Waals surface area contributed by atoms with Crippen molar-refractivity contribution in [2.45, 2.75) is 102 Å². The Morgan fingerprint density at radius 3 is 2.15 bits per heavy atom. The second-order valence-electron chi connectivity index (χ2n) is 7.32. The molecule has 0 unspecified atom stereocenters. The Kier molecular flexibility index (Phi) is 14.1. The van der Waals surface area contributed by atoms with Crippen molar-refractivity contribution in [3.05, 3.63) is 12.2 Å². The van der Waals surface area contributed by atoms with Gasteiger partial charge in [0.2, 0.25) is 0 Å². The maximum Gasteiger partial charge on any atom is 0.114 e. The highest BCUT2D eigenvalue weighted by atomic mass is 16.6. The minimum Gasteiger partial charge on any atom is -0.394 e. The van der Waals surface area contributed by atoms with Gasteiger partial charge in [0.1, 0.15) is 24.4 Å². The molecule has 3 N–H and O–H groups in total. The van der Waals surface area contributed by atoms with Crippen molar-refractivity contribution in [3.8, 4) is 0 Å². The first kappa shape index (κ1) is 23.6. The van der Waals surface area contributed by atoms with Crippen LogP contribution in [-0.4, -0.2) is 59.6 Å². The van der Waals surface area contributed by atoms with Crippen LogP contribution in [0.4, 0.5) is 0 Å². The zero-order valence-corrected chi connectivity index (χ0v) is 16.5. The van der Waals surface area contributed by atoms with E-state index in [0.717, 1.165) is 12.8 Å². The molecule has 0 aliphatic carbocycles. The summed E-state index contributed by atoms with van der Waals surface area (Å²) in [5, 5.41) is 28.7. The van der Waals surface area contributed by atoms with Crippen LogP contribution in [-0.2, 0) is 9.47 Å². The largest absolute Gasteiger partial charge is 0.394 e. The molecule has 0 bridgehead atoms. The van der Waals surface area contributed by atoms with E-state index in [-0.39, 0.29) is 13.2 Å². The van der Waals surface area contributed by atoms with Crippen LogP contribution < -0.4 is 0 Å². The lowest BCUT2D eigenvalue weighted by Gasteiger charge is -2.24. The highest BCUT2D eigenvalue weighted by Gasteiger charge is 2.40. The molecule has 1 aliphatic heterocycles. The van der Waals surface area contributed by atoms with Gasteiger partial charge in [-0.05, 0) is 32.1 Å². The summed E-state index contributed by atoms with van der Waals surface area (Å²) in [7, 11) is 0. The van der Waals surface area contributed by atoms with E-state index in [2.05, 4.69) is 19.1 Å². The fourth-order valence-corrected chi connectivity index (χ4v) is 3.26. The van der Waals surface area contributed by atoms with Gasteiger partial charge in [0, 0.05) is 6.61 Å². The molecule has 1 rings (SSSR count). The molecule has 5 heteroatoms. The Morgan fingerprint density at radius 1 is 0.962 bits per heavy atom. The Hall–Kier alpha value is -0.460. The van der Waals surface area contributed by atoms with E-state index in [0.29, 0.717) is 6.61 Å². The van der Waals surface area contributed by atoms with E-state index in [4.69, 9.17) is 9.47 Å². The number of rotatable bonds is 16. The quantitative estimate of drug-likeness (QED) is 0.286. The zero-order valence-electron chi connectivity index (χ0n) is 16.5. The van der Waals surface area contributed by atoms with Crippen LogP contribution in [0.25, 0.3) is 0 Å². The number of allylic oxidation sites excluding steroid dienone is 2. The highest BCUT2D eigenvalue weighted by Crippen LogP contribution is 2.20. The van der Waals surface area contributed by atoms with Crippen LogP contribution in [0.15, 0.2) is 12.2 Å². The van der Waals surface area contributed by atoms with Gasteiger partial charge in [0.05, 0.1) is 13.2 Å². The van der Waals surface area contributed by atoms with Crippen LogP contribution in [0.3, 0.4) is 0 Å². The number of aliphatic hydroxyl groups excluding tert-OH is 3. The fourth-order valence-electron chi connectivity index (χ4n) is 3.26. The highest BCUT2D eigenvalue weighted by molar-refractivity contribution is 4.88. The molecule has 1 heterocycles. The molecular weight excluding hydrogens is 332 g/mol. The number of aliphatic hydroxyl groups is 3. The van der Waals surface area contributed by atoms with Crippen LogP contribution in [0.5, 0.6) is 0 Å². The zero-order chi connectivity index (χ0) is 19.0. The summed E-state index contributed by atoms with van der Waals surface area (Å²) in [6.07, 6.45) is 15.0. The van der Waals surface area contributed by atoms with Gasteiger partial charge in [-0.1, -0.05) is 57.6 Å². The van der Waals surface area contributed by atoms with Crippen molar-refractivity contribution in [2.75, 3.05) is 19.8 Å². The summed E-state index contributed by atoms with van der Waals surface area (Å²) < 4.78 is 10.9. The average molecular weight is 373 g/mol. The Labute approximate surface area is 159 Å². The fraction of sp³-hybridized carbons (Fsp3) is 0.905. The molecule has 154 valence electrons. The lowest BCUT2D eigenvalue weighted by molar-refractivity contribution is -0.101. The van der Waals surface area contributed by atoms with Crippen LogP contribution >= 0.6 is 0 Å². The third-order valence-electron chi connectivity index (χ3n) is 4.97. The normalized spacial score (nSPS) is 24.5. The van der Waals surface area contributed by atoms with Crippen molar-refractivity contribution < 1.29 is 24.8 Å². The number of unbranched alkanes of at least 4 members (excludes halogenated alkanes) is 9. The van der Waals surface area contributed by atoms with Crippen LogP contribution in [0, 0.1) is 0 Å². The topological polar surface area (TPSA) is 79.2 Å². The van der Waals surface area contributed by atoms with Crippen molar-refractivity contribution in [1.29, 1.82) is 0 Å². The SMILES string of the molecule is CCCCCC/C=C/CCCCCCCO[C@H](CO)[C@@H]1OC[C@H](O)[C@@H]1O. The Balaban J connectivity index is 1.92. The molecule has 0 spiro atoms. The van der Waals surface area contributed by atoms with Gasteiger partial charge in [-0.15, -0.1) is 0 Å².